The second-order valence-electron chi connectivity index (χ2n) is 20.2. The number of carbonyl (C=O) groups is 2. The minimum atomic E-state index is -4.39. The predicted molar refractivity (Wildman–Crippen MR) is 316 cm³/mol. The maximum absolute atomic E-state index is 12.7. The highest BCUT2D eigenvalue weighted by Crippen LogP contribution is 2.43. The molecule has 0 rings (SSSR count). The van der Waals surface area contributed by atoms with Gasteiger partial charge in [-0.05, 0) is 83.5 Å². The molecule has 0 amide bonds. The van der Waals surface area contributed by atoms with E-state index >= 15 is 0 Å². The van der Waals surface area contributed by atoms with Crippen molar-refractivity contribution in [3.8, 4) is 0 Å². The average molecular weight is 1060 g/mol. The van der Waals surface area contributed by atoms with E-state index in [1.54, 1.807) is 0 Å². The van der Waals surface area contributed by atoms with Gasteiger partial charge in [0.15, 0.2) is 6.10 Å². The van der Waals surface area contributed by atoms with Crippen molar-refractivity contribution >= 4 is 19.8 Å². The van der Waals surface area contributed by atoms with Crippen LogP contribution < -0.4 is 5.73 Å². The summed E-state index contributed by atoms with van der Waals surface area (Å²) < 4.78 is 33.0. The van der Waals surface area contributed by atoms with Crippen molar-refractivity contribution in [3.63, 3.8) is 0 Å². The quantitative estimate of drug-likeness (QED) is 0.0264. The summed E-state index contributed by atoms with van der Waals surface area (Å²) in [7, 11) is -4.39. The summed E-state index contributed by atoms with van der Waals surface area (Å²) >= 11 is 0. The monoisotopic (exact) mass is 1060 g/mol. The Morgan fingerprint density at radius 1 is 0.419 bits per heavy atom. The van der Waals surface area contributed by atoms with Crippen LogP contribution in [0.4, 0.5) is 0 Å². The molecule has 74 heavy (non-hydrogen) atoms. The summed E-state index contributed by atoms with van der Waals surface area (Å²) in [6.07, 6.45) is 78.1. The Bertz CT molecular complexity index is 1480. The van der Waals surface area contributed by atoms with Crippen molar-refractivity contribution in [3.05, 3.63) is 85.1 Å². The Labute approximate surface area is 455 Å². The zero-order valence-electron chi connectivity index (χ0n) is 47.8. The van der Waals surface area contributed by atoms with Crippen LogP contribution in [0, 0.1) is 0 Å². The van der Waals surface area contributed by atoms with Gasteiger partial charge in [-0.15, -0.1) is 0 Å². The summed E-state index contributed by atoms with van der Waals surface area (Å²) in [5.41, 5.74) is 5.38. The van der Waals surface area contributed by atoms with Gasteiger partial charge in [0.05, 0.1) is 13.2 Å². The first-order chi connectivity index (χ1) is 36.3. The second kappa shape index (κ2) is 59.4. The Hall–Kier alpha value is -2.81. The van der Waals surface area contributed by atoms with Gasteiger partial charge in [-0.25, -0.2) is 4.57 Å². The highest BCUT2D eigenvalue weighted by molar-refractivity contribution is 7.47. The van der Waals surface area contributed by atoms with E-state index in [1.807, 2.05) is 0 Å². The van der Waals surface area contributed by atoms with Gasteiger partial charge >= 0.3 is 19.8 Å². The Balaban J connectivity index is 3.79. The molecule has 0 aliphatic rings. The van der Waals surface area contributed by atoms with Gasteiger partial charge in [-0.1, -0.05) is 266 Å². The van der Waals surface area contributed by atoms with Gasteiger partial charge in [-0.2, -0.15) is 0 Å². The first-order valence-corrected chi connectivity index (χ1v) is 32.1. The lowest BCUT2D eigenvalue weighted by molar-refractivity contribution is -0.161. The zero-order chi connectivity index (χ0) is 53.8. The van der Waals surface area contributed by atoms with E-state index in [1.165, 1.54) is 141 Å². The molecule has 0 aromatic heterocycles. The lowest BCUT2D eigenvalue weighted by Crippen LogP contribution is -2.29. The fourth-order valence-electron chi connectivity index (χ4n) is 8.50. The molecule has 0 aromatic carbocycles. The molecule has 0 heterocycles. The van der Waals surface area contributed by atoms with Crippen molar-refractivity contribution in [1.82, 2.24) is 0 Å². The molecular formula is C64H114NO8P. The minimum absolute atomic E-state index is 0.0504. The number of rotatable bonds is 57. The Morgan fingerprint density at radius 3 is 1.11 bits per heavy atom. The van der Waals surface area contributed by atoms with Crippen LogP contribution in [0.5, 0.6) is 0 Å². The first-order valence-electron chi connectivity index (χ1n) is 30.6. The van der Waals surface area contributed by atoms with Gasteiger partial charge in [-0.3, -0.25) is 18.6 Å². The molecule has 9 nitrogen and oxygen atoms in total. The lowest BCUT2D eigenvalue weighted by Gasteiger charge is -2.19. The number of hydrogen-bond donors (Lipinski definition) is 2. The normalized spacial score (nSPS) is 13.6. The third-order valence-electron chi connectivity index (χ3n) is 13.0. The number of carbonyl (C=O) groups excluding carboxylic acids is 2. The fraction of sp³-hybridized carbons (Fsp3) is 0.750. The maximum Gasteiger partial charge on any atom is 0.472 e. The number of esters is 2. The van der Waals surface area contributed by atoms with E-state index in [2.05, 4.69) is 98.9 Å². The third-order valence-corrected chi connectivity index (χ3v) is 14.0. The number of phosphoric ester groups is 1. The number of hydrogen-bond acceptors (Lipinski definition) is 8. The van der Waals surface area contributed by atoms with Crippen LogP contribution in [0.3, 0.4) is 0 Å². The first kappa shape index (κ1) is 71.2. The number of nitrogens with two attached hydrogens (primary N) is 1. The van der Waals surface area contributed by atoms with Crippen LogP contribution >= 0.6 is 7.82 Å². The third kappa shape index (κ3) is 58.5. The van der Waals surface area contributed by atoms with E-state index in [0.29, 0.717) is 12.8 Å². The largest absolute Gasteiger partial charge is 0.472 e. The van der Waals surface area contributed by atoms with Crippen LogP contribution in [-0.2, 0) is 32.7 Å². The van der Waals surface area contributed by atoms with Crippen molar-refractivity contribution < 1.29 is 37.6 Å². The molecule has 0 spiro atoms. The second-order valence-corrected chi connectivity index (χ2v) is 21.6. The molecule has 0 aromatic rings. The molecule has 0 fully saturated rings. The molecule has 428 valence electrons. The van der Waals surface area contributed by atoms with E-state index in [0.717, 1.165) is 96.3 Å². The van der Waals surface area contributed by atoms with E-state index in [4.69, 9.17) is 24.3 Å². The number of ether oxygens (including phenoxy) is 2. The Kier molecular flexibility index (Phi) is 57.2. The summed E-state index contributed by atoms with van der Waals surface area (Å²) in [6, 6.07) is 0. The summed E-state index contributed by atoms with van der Waals surface area (Å²) in [5, 5.41) is 0. The molecule has 10 heteroatoms. The molecule has 0 bridgehead atoms. The number of unbranched alkanes of at least 4 members (excludes halogenated alkanes) is 30. The fourth-order valence-corrected chi connectivity index (χ4v) is 9.27. The van der Waals surface area contributed by atoms with E-state index in [9.17, 15) is 19.0 Å². The minimum Gasteiger partial charge on any atom is -0.462 e. The molecule has 2 unspecified atom stereocenters. The summed E-state index contributed by atoms with van der Waals surface area (Å²) in [6.45, 7) is 3.59. The summed E-state index contributed by atoms with van der Waals surface area (Å²) in [4.78, 5) is 35.1. The SMILES string of the molecule is CC/C=C\C/C=C\C/C=C\C/C=C\C/C=C\CCCCCCCCCCCCCCCCCCCCCCCCCC(=O)OC(COC(=O)CCCCCCC/C=C\C/C=C\CCCC)COP(=O)(O)OCCN. The molecule has 0 aliphatic carbocycles. The van der Waals surface area contributed by atoms with Crippen molar-refractivity contribution in [2.75, 3.05) is 26.4 Å². The van der Waals surface area contributed by atoms with Gasteiger partial charge in [0, 0.05) is 19.4 Å². The van der Waals surface area contributed by atoms with Crippen LogP contribution in [0.1, 0.15) is 277 Å². The van der Waals surface area contributed by atoms with E-state index < -0.39 is 32.5 Å². The predicted octanol–water partition coefficient (Wildman–Crippen LogP) is 19.5. The molecule has 2 atom stereocenters. The summed E-state index contributed by atoms with van der Waals surface area (Å²) in [5.74, 6) is -0.837. The van der Waals surface area contributed by atoms with Gasteiger partial charge in [0.2, 0.25) is 0 Å². The van der Waals surface area contributed by atoms with E-state index in [-0.39, 0.29) is 32.6 Å². The zero-order valence-corrected chi connectivity index (χ0v) is 48.7. The molecular weight excluding hydrogens is 942 g/mol. The van der Waals surface area contributed by atoms with Gasteiger partial charge < -0.3 is 20.1 Å². The Morgan fingerprint density at radius 2 is 0.743 bits per heavy atom. The number of allylic oxidation sites excluding steroid dienone is 14. The van der Waals surface area contributed by atoms with Crippen LogP contribution in [-0.4, -0.2) is 49.3 Å². The molecule has 0 saturated carbocycles. The molecule has 3 N–H and O–H groups in total. The number of phosphoric acid groups is 1. The maximum atomic E-state index is 12.7. The smallest absolute Gasteiger partial charge is 0.462 e. The van der Waals surface area contributed by atoms with Crippen molar-refractivity contribution in [1.29, 1.82) is 0 Å². The highest BCUT2D eigenvalue weighted by atomic mass is 31.2. The topological polar surface area (TPSA) is 134 Å². The lowest BCUT2D eigenvalue weighted by atomic mass is 10.0. The van der Waals surface area contributed by atoms with Crippen LogP contribution in [0.15, 0.2) is 85.1 Å². The molecule has 0 aliphatic heterocycles. The van der Waals surface area contributed by atoms with Crippen molar-refractivity contribution in [2.45, 2.75) is 283 Å². The van der Waals surface area contributed by atoms with Gasteiger partial charge in [0.25, 0.3) is 0 Å². The molecule has 0 radical (unpaired) electrons. The standard InChI is InChI=1S/C64H114NO8P/c1-3-5-7-9-11-13-15-17-19-20-21-22-23-24-25-26-27-28-29-30-31-32-33-34-35-36-37-38-39-40-41-42-43-45-47-49-51-53-55-57-64(67)73-62(61-72-74(68,69)71-59-58-65)60-70-63(66)56-54-52-50-48-46-44-18-16-14-12-10-8-6-4-2/h5,7,10-13,16-19,21-22,24-25,62H,3-4,6,8-9,14-15,20,23,26-61,65H2,1-2H3,(H,68,69)/b7-5-,12-10-,13-11-,18-16-,19-17-,22-21-,25-24-. The van der Waals surface area contributed by atoms with Crippen molar-refractivity contribution in [2.24, 2.45) is 5.73 Å². The average Bonchev–Trinajstić information content (AvgIpc) is 3.39. The van der Waals surface area contributed by atoms with Crippen LogP contribution in [0.2, 0.25) is 0 Å². The molecule has 0 saturated heterocycles. The highest BCUT2D eigenvalue weighted by Gasteiger charge is 2.26. The van der Waals surface area contributed by atoms with Crippen LogP contribution in [0.25, 0.3) is 0 Å². The van der Waals surface area contributed by atoms with Gasteiger partial charge in [0.1, 0.15) is 6.61 Å².